The van der Waals surface area contributed by atoms with Crippen molar-refractivity contribution in [2.45, 2.75) is 19.5 Å². The van der Waals surface area contributed by atoms with Gasteiger partial charge in [-0.1, -0.05) is 30.3 Å². The monoisotopic (exact) mass is 296 g/mol. The maximum atomic E-state index is 11.6. The number of nitrogens with two attached hydrogens (primary N) is 1. The summed E-state index contributed by atoms with van der Waals surface area (Å²) in [7, 11) is 0. The van der Waals surface area contributed by atoms with Crippen LogP contribution in [0, 0.1) is 0 Å². The molecule has 0 aliphatic heterocycles. The van der Waals surface area contributed by atoms with E-state index >= 15 is 0 Å². The van der Waals surface area contributed by atoms with Crippen molar-refractivity contribution in [3.63, 3.8) is 0 Å². The van der Waals surface area contributed by atoms with Crippen LogP contribution >= 0.6 is 12.4 Å². The van der Waals surface area contributed by atoms with Crippen molar-refractivity contribution in [2.24, 2.45) is 5.73 Å². The number of halogens is 1. The van der Waals surface area contributed by atoms with Crippen LogP contribution in [0.1, 0.15) is 6.92 Å². The van der Waals surface area contributed by atoms with Crippen LogP contribution in [0.4, 0.5) is 0 Å². The van der Waals surface area contributed by atoms with Crippen LogP contribution in [-0.2, 0) is 11.3 Å². The summed E-state index contributed by atoms with van der Waals surface area (Å²) in [5, 5.41) is 14.7. The Hall–Kier alpha value is -1.99. The maximum absolute atomic E-state index is 11.6. The molecule has 0 radical (unpaired) electrons. The van der Waals surface area contributed by atoms with E-state index in [1.807, 2.05) is 37.3 Å². The van der Waals surface area contributed by atoms with Crippen molar-refractivity contribution in [3.05, 3.63) is 30.3 Å². The average molecular weight is 297 g/mol. The van der Waals surface area contributed by atoms with Gasteiger partial charge in [-0.2, -0.15) is 4.80 Å². The van der Waals surface area contributed by atoms with Crippen LogP contribution in [0.25, 0.3) is 11.4 Å². The number of amides is 1. The molecule has 1 aromatic heterocycles. The molecule has 0 spiro atoms. The lowest BCUT2D eigenvalue weighted by Gasteiger charge is -2.09. The first-order chi connectivity index (χ1) is 9.19. The Morgan fingerprint density at radius 3 is 2.75 bits per heavy atom. The molecule has 20 heavy (non-hydrogen) atoms. The number of carbonyl (C=O) groups is 1. The van der Waals surface area contributed by atoms with E-state index in [1.165, 1.54) is 4.80 Å². The van der Waals surface area contributed by atoms with Crippen LogP contribution in [0.2, 0.25) is 0 Å². The van der Waals surface area contributed by atoms with E-state index in [1.54, 1.807) is 0 Å². The molecule has 2 rings (SSSR count). The molecule has 7 nitrogen and oxygen atoms in total. The molecule has 0 aliphatic rings. The Morgan fingerprint density at radius 1 is 1.40 bits per heavy atom. The molecule has 0 fully saturated rings. The molecule has 0 saturated carbocycles. The van der Waals surface area contributed by atoms with Gasteiger partial charge in [0.1, 0.15) is 6.54 Å². The molecule has 108 valence electrons. The normalized spacial score (nSPS) is 11.5. The highest BCUT2D eigenvalue weighted by molar-refractivity contribution is 5.85. The molecule has 1 heterocycles. The second-order valence-electron chi connectivity index (χ2n) is 4.21. The summed E-state index contributed by atoms with van der Waals surface area (Å²) in [4.78, 5) is 12.9. The predicted octanol–water partition coefficient (Wildman–Crippen LogP) is 0.225. The molecule has 0 bridgehead atoms. The molecule has 1 amide bonds. The lowest BCUT2D eigenvalue weighted by Crippen LogP contribution is -2.39. The number of carbonyl (C=O) groups excluding carboxylic acids is 1. The Balaban J connectivity index is 0.00000200. The third-order valence-corrected chi connectivity index (χ3v) is 2.53. The highest BCUT2D eigenvalue weighted by atomic mass is 35.5. The fourth-order valence-corrected chi connectivity index (χ4v) is 1.52. The van der Waals surface area contributed by atoms with E-state index in [2.05, 4.69) is 20.7 Å². The zero-order chi connectivity index (χ0) is 13.7. The number of rotatable bonds is 5. The van der Waals surface area contributed by atoms with Gasteiger partial charge in [-0.05, 0) is 12.1 Å². The van der Waals surface area contributed by atoms with Gasteiger partial charge in [0.25, 0.3) is 0 Å². The summed E-state index contributed by atoms with van der Waals surface area (Å²) in [6, 6.07) is 9.41. The summed E-state index contributed by atoms with van der Waals surface area (Å²) in [5.74, 6) is 0.315. The molecule has 0 aliphatic carbocycles. The van der Waals surface area contributed by atoms with E-state index < -0.39 is 0 Å². The minimum absolute atomic E-state index is 0. The number of nitrogens with one attached hydrogen (secondary N) is 1. The maximum Gasteiger partial charge on any atom is 0.243 e. The molecular weight excluding hydrogens is 280 g/mol. The summed E-state index contributed by atoms with van der Waals surface area (Å²) < 4.78 is 0. The van der Waals surface area contributed by atoms with Crippen LogP contribution in [0.15, 0.2) is 30.3 Å². The summed E-state index contributed by atoms with van der Waals surface area (Å²) in [6.07, 6.45) is 0. The van der Waals surface area contributed by atoms with Crippen molar-refractivity contribution in [1.82, 2.24) is 25.5 Å². The van der Waals surface area contributed by atoms with Crippen LogP contribution in [-0.4, -0.2) is 38.7 Å². The standard InChI is InChI=1S/C12H16N6O.ClH/c1-9(7-13)14-11(19)8-18-16-12(15-17-18)10-5-3-2-4-6-10;/h2-6,9H,7-8,13H2,1H3,(H,14,19);1H/t9-;/m0./s1. The molecular formula is C12H17ClN6O. The highest BCUT2D eigenvalue weighted by Gasteiger charge is 2.10. The molecule has 2 aromatic rings. The Kier molecular flexibility index (Phi) is 6.08. The second kappa shape index (κ2) is 7.56. The fraction of sp³-hybridized carbons (Fsp3) is 0.333. The van der Waals surface area contributed by atoms with Gasteiger partial charge in [-0.3, -0.25) is 4.79 Å². The van der Waals surface area contributed by atoms with Crippen LogP contribution in [0.5, 0.6) is 0 Å². The largest absolute Gasteiger partial charge is 0.351 e. The molecule has 0 unspecified atom stereocenters. The van der Waals surface area contributed by atoms with Gasteiger partial charge >= 0.3 is 0 Å². The lowest BCUT2D eigenvalue weighted by atomic mass is 10.2. The van der Waals surface area contributed by atoms with Gasteiger partial charge in [0.2, 0.25) is 11.7 Å². The molecule has 1 atom stereocenters. The minimum atomic E-state index is -0.185. The average Bonchev–Trinajstić information content (AvgIpc) is 2.88. The van der Waals surface area contributed by atoms with E-state index in [-0.39, 0.29) is 30.9 Å². The smallest absolute Gasteiger partial charge is 0.243 e. The Morgan fingerprint density at radius 2 is 2.10 bits per heavy atom. The minimum Gasteiger partial charge on any atom is -0.351 e. The van der Waals surface area contributed by atoms with Crippen molar-refractivity contribution >= 4 is 18.3 Å². The van der Waals surface area contributed by atoms with Gasteiger partial charge in [-0.25, -0.2) is 0 Å². The van der Waals surface area contributed by atoms with Crippen molar-refractivity contribution < 1.29 is 4.79 Å². The zero-order valence-corrected chi connectivity index (χ0v) is 11.9. The SMILES string of the molecule is C[C@@H](CN)NC(=O)Cn1nnc(-c2ccccc2)n1.Cl. The Labute approximate surface area is 123 Å². The number of hydrogen-bond acceptors (Lipinski definition) is 5. The van der Waals surface area contributed by atoms with E-state index in [0.717, 1.165) is 5.56 Å². The van der Waals surface area contributed by atoms with Gasteiger partial charge in [0.15, 0.2) is 0 Å². The van der Waals surface area contributed by atoms with Gasteiger partial charge < -0.3 is 11.1 Å². The van der Waals surface area contributed by atoms with Gasteiger partial charge in [-0.15, -0.1) is 22.6 Å². The Bertz CT molecular complexity index is 544. The first-order valence-corrected chi connectivity index (χ1v) is 6.01. The lowest BCUT2D eigenvalue weighted by molar-refractivity contribution is -0.122. The van der Waals surface area contributed by atoms with Crippen LogP contribution in [0.3, 0.4) is 0 Å². The molecule has 8 heteroatoms. The van der Waals surface area contributed by atoms with E-state index in [9.17, 15) is 4.79 Å². The predicted molar refractivity (Wildman–Crippen MR) is 77.2 cm³/mol. The number of nitrogens with zero attached hydrogens (tertiary/aromatic N) is 4. The molecule has 1 aromatic carbocycles. The van der Waals surface area contributed by atoms with E-state index in [0.29, 0.717) is 12.4 Å². The third kappa shape index (κ3) is 4.29. The van der Waals surface area contributed by atoms with Crippen LogP contribution < -0.4 is 11.1 Å². The van der Waals surface area contributed by atoms with Gasteiger partial charge in [0, 0.05) is 18.2 Å². The first kappa shape index (κ1) is 16.1. The molecule has 3 N–H and O–H groups in total. The van der Waals surface area contributed by atoms with E-state index in [4.69, 9.17) is 5.73 Å². The number of hydrogen-bond donors (Lipinski definition) is 2. The molecule has 0 saturated heterocycles. The quantitative estimate of drug-likeness (QED) is 0.822. The zero-order valence-electron chi connectivity index (χ0n) is 11.1. The van der Waals surface area contributed by atoms with Crippen molar-refractivity contribution in [2.75, 3.05) is 6.54 Å². The summed E-state index contributed by atoms with van der Waals surface area (Å²) >= 11 is 0. The number of aromatic nitrogens is 4. The first-order valence-electron chi connectivity index (χ1n) is 6.01. The highest BCUT2D eigenvalue weighted by Crippen LogP contribution is 2.11. The third-order valence-electron chi connectivity index (χ3n) is 2.53. The summed E-state index contributed by atoms with van der Waals surface area (Å²) in [6.45, 7) is 2.26. The number of tetrazole rings is 1. The van der Waals surface area contributed by atoms with Crippen molar-refractivity contribution in [3.8, 4) is 11.4 Å². The summed E-state index contributed by atoms with van der Waals surface area (Å²) in [5.41, 5.74) is 6.29. The topological polar surface area (TPSA) is 98.7 Å². The van der Waals surface area contributed by atoms with Crippen molar-refractivity contribution in [1.29, 1.82) is 0 Å². The van der Waals surface area contributed by atoms with Gasteiger partial charge in [0.05, 0.1) is 0 Å². The fourth-order valence-electron chi connectivity index (χ4n) is 1.52. The second-order valence-corrected chi connectivity index (χ2v) is 4.21. The number of benzene rings is 1.